The number of nitrogens with zero attached hydrogens (tertiary/aromatic N) is 2. The number of hydrogen-bond acceptors (Lipinski definition) is 4. The van der Waals surface area contributed by atoms with Crippen molar-refractivity contribution in [3.63, 3.8) is 0 Å². The molecule has 0 aliphatic carbocycles. The summed E-state index contributed by atoms with van der Waals surface area (Å²) in [4.78, 5) is 13.6. The number of halogens is 2. The SMILES string of the molecule is N#Cc1ccc(CN[C@@H]2CN[C@H](C(=O)N3CCC(F)(F)C3)C2)cc1. The van der Waals surface area contributed by atoms with Crippen molar-refractivity contribution < 1.29 is 13.6 Å². The molecule has 5 nitrogen and oxygen atoms in total. The van der Waals surface area contributed by atoms with E-state index in [-0.39, 0.29) is 24.9 Å². The Labute approximate surface area is 139 Å². The monoisotopic (exact) mass is 334 g/mol. The zero-order valence-electron chi connectivity index (χ0n) is 13.3. The Bertz CT molecular complexity index is 641. The van der Waals surface area contributed by atoms with Crippen LogP contribution in [-0.2, 0) is 11.3 Å². The molecule has 0 saturated carbocycles. The second kappa shape index (κ2) is 6.83. The molecule has 0 spiro atoms. The Morgan fingerprint density at radius 1 is 1.42 bits per heavy atom. The van der Waals surface area contributed by atoms with Crippen LogP contribution in [-0.4, -0.2) is 48.4 Å². The van der Waals surface area contributed by atoms with Crippen molar-refractivity contribution in [2.75, 3.05) is 19.6 Å². The van der Waals surface area contributed by atoms with E-state index in [1.807, 2.05) is 12.1 Å². The highest BCUT2D eigenvalue weighted by Crippen LogP contribution is 2.27. The molecule has 7 heteroatoms. The van der Waals surface area contributed by atoms with E-state index in [0.717, 1.165) is 5.56 Å². The standard InChI is InChI=1S/C17H20F2N4O/c18-17(19)5-6-23(11-17)16(24)15-7-14(10-22-15)21-9-13-3-1-12(8-20)2-4-13/h1-4,14-15,21-22H,5-7,9-11H2/t14-,15-/m0/s1. The van der Waals surface area contributed by atoms with Crippen molar-refractivity contribution in [2.24, 2.45) is 0 Å². The van der Waals surface area contributed by atoms with Gasteiger partial charge in [-0.2, -0.15) is 5.26 Å². The average molecular weight is 334 g/mol. The van der Waals surface area contributed by atoms with Crippen LogP contribution in [0.1, 0.15) is 24.0 Å². The van der Waals surface area contributed by atoms with Gasteiger partial charge in [0.15, 0.2) is 0 Å². The average Bonchev–Trinajstić information content (AvgIpc) is 3.19. The number of benzene rings is 1. The fraction of sp³-hybridized carbons (Fsp3) is 0.529. The molecule has 0 unspecified atom stereocenters. The Morgan fingerprint density at radius 2 is 2.17 bits per heavy atom. The molecule has 2 aliphatic heterocycles. The van der Waals surface area contributed by atoms with Crippen LogP contribution in [0.2, 0.25) is 0 Å². The molecule has 1 aromatic rings. The Kier molecular flexibility index (Phi) is 4.78. The second-order valence-corrected chi connectivity index (χ2v) is 6.45. The molecule has 2 fully saturated rings. The van der Waals surface area contributed by atoms with E-state index < -0.39 is 18.5 Å². The molecule has 2 heterocycles. The van der Waals surface area contributed by atoms with Crippen LogP contribution in [0.5, 0.6) is 0 Å². The predicted molar refractivity (Wildman–Crippen MR) is 84.3 cm³/mol. The van der Waals surface area contributed by atoms with Crippen LogP contribution in [0, 0.1) is 11.3 Å². The summed E-state index contributed by atoms with van der Waals surface area (Å²) in [5, 5.41) is 15.3. The van der Waals surface area contributed by atoms with E-state index in [0.29, 0.717) is 25.1 Å². The van der Waals surface area contributed by atoms with Gasteiger partial charge in [-0.25, -0.2) is 8.78 Å². The van der Waals surface area contributed by atoms with Gasteiger partial charge < -0.3 is 15.5 Å². The zero-order chi connectivity index (χ0) is 17.2. The molecule has 2 saturated heterocycles. The van der Waals surface area contributed by atoms with Crippen molar-refractivity contribution in [2.45, 2.75) is 37.4 Å². The van der Waals surface area contributed by atoms with Crippen LogP contribution in [0.4, 0.5) is 8.78 Å². The molecule has 2 aliphatic rings. The van der Waals surface area contributed by atoms with Gasteiger partial charge in [-0.05, 0) is 24.1 Å². The van der Waals surface area contributed by atoms with Gasteiger partial charge in [-0.1, -0.05) is 12.1 Å². The number of rotatable bonds is 4. The molecule has 24 heavy (non-hydrogen) atoms. The molecule has 3 rings (SSSR count). The molecule has 2 atom stereocenters. The van der Waals surface area contributed by atoms with Crippen LogP contribution >= 0.6 is 0 Å². The first-order valence-corrected chi connectivity index (χ1v) is 8.09. The van der Waals surface area contributed by atoms with Gasteiger partial charge in [-0.3, -0.25) is 4.79 Å². The van der Waals surface area contributed by atoms with Gasteiger partial charge in [0.2, 0.25) is 5.91 Å². The van der Waals surface area contributed by atoms with Crippen molar-refractivity contribution in [3.05, 3.63) is 35.4 Å². The number of carbonyl (C=O) groups excluding carboxylic acids is 1. The van der Waals surface area contributed by atoms with Crippen LogP contribution in [0.25, 0.3) is 0 Å². The molecular weight excluding hydrogens is 314 g/mol. The van der Waals surface area contributed by atoms with E-state index in [4.69, 9.17) is 5.26 Å². The maximum Gasteiger partial charge on any atom is 0.267 e. The number of carbonyl (C=O) groups is 1. The smallest absolute Gasteiger partial charge is 0.267 e. The quantitative estimate of drug-likeness (QED) is 0.869. The molecule has 128 valence electrons. The first-order chi connectivity index (χ1) is 11.5. The summed E-state index contributed by atoms with van der Waals surface area (Å²) in [7, 11) is 0. The fourth-order valence-corrected chi connectivity index (χ4v) is 3.18. The number of hydrogen-bond donors (Lipinski definition) is 2. The lowest BCUT2D eigenvalue weighted by molar-refractivity contribution is -0.133. The minimum absolute atomic E-state index is 0.123. The lowest BCUT2D eigenvalue weighted by Crippen LogP contribution is -2.43. The van der Waals surface area contributed by atoms with Crippen molar-refractivity contribution in [1.82, 2.24) is 15.5 Å². The largest absolute Gasteiger partial charge is 0.335 e. The van der Waals surface area contributed by atoms with Gasteiger partial charge in [0.1, 0.15) is 0 Å². The van der Waals surface area contributed by atoms with Crippen molar-refractivity contribution in [1.29, 1.82) is 5.26 Å². The number of nitrogens with one attached hydrogen (secondary N) is 2. The maximum atomic E-state index is 13.2. The minimum Gasteiger partial charge on any atom is -0.335 e. The highest BCUT2D eigenvalue weighted by Gasteiger charge is 2.43. The van der Waals surface area contributed by atoms with E-state index in [9.17, 15) is 13.6 Å². The molecule has 0 radical (unpaired) electrons. The van der Waals surface area contributed by atoms with E-state index >= 15 is 0 Å². The summed E-state index contributed by atoms with van der Waals surface area (Å²) >= 11 is 0. The third kappa shape index (κ3) is 3.89. The first-order valence-electron chi connectivity index (χ1n) is 8.09. The third-order valence-electron chi connectivity index (χ3n) is 4.59. The lowest BCUT2D eigenvalue weighted by atomic mass is 10.1. The summed E-state index contributed by atoms with van der Waals surface area (Å²) in [5.74, 6) is -2.98. The van der Waals surface area contributed by atoms with Crippen LogP contribution in [0.3, 0.4) is 0 Å². The van der Waals surface area contributed by atoms with Crippen molar-refractivity contribution >= 4 is 5.91 Å². The molecular formula is C17H20F2N4O. The summed E-state index contributed by atoms with van der Waals surface area (Å²) in [5.41, 5.74) is 1.68. The highest BCUT2D eigenvalue weighted by atomic mass is 19.3. The second-order valence-electron chi connectivity index (χ2n) is 6.45. The maximum absolute atomic E-state index is 13.2. The summed E-state index contributed by atoms with van der Waals surface area (Å²) in [6.07, 6.45) is 0.350. The Hall–Kier alpha value is -2.04. The van der Waals surface area contributed by atoms with Gasteiger partial charge in [-0.15, -0.1) is 0 Å². The molecule has 1 aromatic carbocycles. The topological polar surface area (TPSA) is 68.2 Å². The van der Waals surface area contributed by atoms with Crippen LogP contribution in [0.15, 0.2) is 24.3 Å². The van der Waals surface area contributed by atoms with E-state index in [1.165, 1.54) is 4.90 Å². The van der Waals surface area contributed by atoms with Gasteiger partial charge in [0.05, 0.1) is 24.2 Å². The zero-order valence-corrected chi connectivity index (χ0v) is 13.3. The molecule has 2 N–H and O–H groups in total. The third-order valence-corrected chi connectivity index (χ3v) is 4.59. The number of alkyl halides is 2. The molecule has 0 aromatic heterocycles. The first kappa shape index (κ1) is 16.8. The van der Waals surface area contributed by atoms with Crippen molar-refractivity contribution in [3.8, 4) is 6.07 Å². The molecule has 0 bridgehead atoms. The van der Waals surface area contributed by atoms with Crippen LogP contribution < -0.4 is 10.6 Å². The summed E-state index contributed by atoms with van der Waals surface area (Å²) in [6.45, 7) is 0.943. The van der Waals surface area contributed by atoms with Gasteiger partial charge >= 0.3 is 0 Å². The fourth-order valence-electron chi connectivity index (χ4n) is 3.18. The van der Waals surface area contributed by atoms with E-state index in [1.54, 1.807) is 12.1 Å². The number of nitriles is 1. The normalized spacial score (nSPS) is 25.6. The van der Waals surface area contributed by atoms with Gasteiger partial charge in [0, 0.05) is 32.1 Å². The minimum atomic E-state index is -2.75. The number of amides is 1. The highest BCUT2D eigenvalue weighted by molar-refractivity contribution is 5.82. The van der Waals surface area contributed by atoms with E-state index in [2.05, 4.69) is 16.7 Å². The predicted octanol–water partition coefficient (Wildman–Crippen LogP) is 1.25. The Morgan fingerprint density at radius 3 is 2.79 bits per heavy atom. The Balaban J connectivity index is 1.47. The lowest BCUT2D eigenvalue weighted by Gasteiger charge is -2.20. The summed E-state index contributed by atoms with van der Waals surface area (Å²) < 4.78 is 26.5. The van der Waals surface area contributed by atoms with Gasteiger partial charge in [0.25, 0.3) is 5.92 Å². The molecule has 1 amide bonds. The number of likely N-dealkylation sites (tertiary alicyclic amines) is 1. The summed E-state index contributed by atoms with van der Waals surface area (Å²) in [6, 6.07) is 9.13.